The van der Waals surface area contributed by atoms with Crippen LogP contribution < -0.4 is 15.0 Å². The second-order valence-corrected chi connectivity index (χ2v) is 9.04. The van der Waals surface area contributed by atoms with Crippen molar-refractivity contribution in [2.75, 3.05) is 13.7 Å². The van der Waals surface area contributed by atoms with E-state index in [0.717, 1.165) is 4.47 Å². The van der Waals surface area contributed by atoms with Gasteiger partial charge in [-0.15, -0.1) is 0 Å². The Morgan fingerprint density at radius 2 is 2.00 bits per heavy atom. The van der Waals surface area contributed by atoms with Gasteiger partial charge in [-0.25, -0.2) is 9.78 Å². The lowest BCUT2D eigenvalue weighted by Crippen LogP contribution is -2.22. The number of carbonyl (C=O) groups excluding carboxylic acids is 1. The highest BCUT2D eigenvalue weighted by Crippen LogP contribution is 2.36. The molecule has 33 heavy (non-hydrogen) atoms. The third kappa shape index (κ3) is 6.00. The lowest BCUT2D eigenvalue weighted by Gasteiger charge is -2.14. The zero-order chi connectivity index (χ0) is 24.1. The van der Waals surface area contributed by atoms with E-state index in [-0.39, 0.29) is 18.3 Å². The van der Waals surface area contributed by atoms with Gasteiger partial charge in [-0.3, -0.25) is 4.79 Å². The number of hydrogen-bond donors (Lipinski definition) is 0. The standard InChI is InChI=1S/C23H23Br2N3O5/c1-5-20-27-18-7-6-15(24)10-16(18)23(30)28(20)26-11-14-8-17(25)22(19(9-14)31-4)32-12-21(29)33-13(2)3/h6-11,13H,5,12H2,1-4H3. The first-order valence-corrected chi connectivity index (χ1v) is 11.8. The Labute approximate surface area is 207 Å². The van der Waals surface area contributed by atoms with Gasteiger partial charge in [-0.1, -0.05) is 22.9 Å². The van der Waals surface area contributed by atoms with Crippen molar-refractivity contribution in [2.45, 2.75) is 33.3 Å². The quantitative estimate of drug-likeness (QED) is 0.283. The molecule has 0 unspecified atom stereocenters. The minimum atomic E-state index is -0.480. The second-order valence-electron chi connectivity index (χ2n) is 7.27. The maximum Gasteiger partial charge on any atom is 0.344 e. The molecule has 2 aromatic carbocycles. The van der Waals surface area contributed by atoms with Crippen molar-refractivity contribution in [1.82, 2.24) is 9.66 Å². The van der Waals surface area contributed by atoms with E-state index in [1.54, 1.807) is 38.1 Å². The predicted octanol–water partition coefficient (Wildman–Crippen LogP) is 4.71. The molecule has 0 spiro atoms. The van der Waals surface area contributed by atoms with E-state index < -0.39 is 5.97 Å². The summed E-state index contributed by atoms with van der Waals surface area (Å²) in [7, 11) is 1.49. The first kappa shape index (κ1) is 24.9. The molecule has 0 N–H and O–H groups in total. The number of halogens is 2. The molecule has 0 atom stereocenters. The van der Waals surface area contributed by atoms with Crippen molar-refractivity contribution in [3.63, 3.8) is 0 Å². The van der Waals surface area contributed by atoms with Crippen LogP contribution in [0, 0.1) is 0 Å². The average molecular weight is 581 g/mol. The summed E-state index contributed by atoms with van der Waals surface area (Å²) in [5, 5.41) is 4.86. The van der Waals surface area contributed by atoms with Crippen LogP contribution in [-0.4, -0.2) is 41.7 Å². The normalized spacial score (nSPS) is 11.4. The highest BCUT2D eigenvalue weighted by atomic mass is 79.9. The summed E-state index contributed by atoms with van der Waals surface area (Å²) < 4.78 is 18.7. The smallest absolute Gasteiger partial charge is 0.344 e. The number of aromatic nitrogens is 2. The van der Waals surface area contributed by atoms with Gasteiger partial charge in [0.1, 0.15) is 5.82 Å². The van der Waals surface area contributed by atoms with E-state index in [9.17, 15) is 9.59 Å². The molecule has 3 aromatic rings. The van der Waals surface area contributed by atoms with Crippen molar-refractivity contribution in [3.8, 4) is 11.5 Å². The average Bonchev–Trinajstić information content (AvgIpc) is 2.77. The monoisotopic (exact) mass is 579 g/mol. The van der Waals surface area contributed by atoms with Crippen molar-refractivity contribution < 1.29 is 19.0 Å². The maximum absolute atomic E-state index is 13.0. The van der Waals surface area contributed by atoms with Crippen LogP contribution >= 0.6 is 31.9 Å². The lowest BCUT2D eigenvalue weighted by molar-refractivity contribution is -0.149. The fraction of sp³-hybridized carbons (Fsp3) is 0.304. The van der Waals surface area contributed by atoms with E-state index in [1.165, 1.54) is 18.0 Å². The van der Waals surface area contributed by atoms with Crippen molar-refractivity contribution in [2.24, 2.45) is 5.10 Å². The predicted molar refractivity (Wildman–Crippen MR) is 133 cm³/mol. The molecule has 0 amide bonds. The summed E-state index contributed by atoms with van der Waals surface area (Å²) in [5.74, 6) is 0.818. The summed E-state index contributed by atoms with van der Waals surface area (Å²) in [6.07, 6.45) is 1.84. The van der Waals surface area contributed by atoms with Crippen LogP contribution in [0.2, 0.25) is 0 Å². The molecule has 0 aliphatic carbocycles. The van der Waals surface area contributed by atoms with Gasteiger partial charge in [0.2, 0.25) is 0 Å². The first-order valence-electron chi connectivity index (χ1n) is 10.2. The molecule has 0 fully saturated rings. The van der Waals surface area contributed by atoms with Crippen molar-refractivity contribution in [3.05, 3.63) is 61.0 Å². The fourth-order valence-corrected chi connectivity index (χ4v) is 3.98. The van der Waals surface area contributed by atoms with Crippen LogP contribution in [0.15, 0.2) is 49.2 Å². The Morgan fingerprint density at radius 1 is 1.24 bits per heavy atom. The number of esters is 1. The van der Waals surface area contributed by atoms with Gasteiger partial charge in [0.25, 0.3) is 5.56 Å². The third-order valence-electron chi connectivity index (χ3n) is 4.47. The number of fused-ring (bicyclic) bond motifs is 1. The lowest BCUT2D eigenvalue weighted by atomic mass is 10.2. The summed E-state index contributed by atoms with van der Waals surface area (Å²) in [5.41, 5.74) is 1.01. The molecule has 0 saturated heterocycles. The van der Waals surface area contributed by atoms with Crippen molar-refractivity contribution in [1.29, 1.82) is 0 Å². The Balaban J connectivity index is 1.94. The molecule has 3 rings (SSSR count). The Morgan fingerprint density at radius 3 is 2.67 bits per heavy atom. The minimum Gasteiger partial charge on any atom is -0.493 e. The largest absolute Gasteiger partial charge is 0.493 e. The van der Waals surface area contributed by atoms with Crippen LogP contribution in [-0.2, 0) is 16.0 Å². The van der Waals surface area contributed by atoms with Gasteiger partial charge in [-0.05, 0) is 65.7 Å². The van der Waals surface area contributed by atoms with Crippen LogP contribution in [0.25, 0.3) is 10.9 Å². The summed E-state index contributed by atoms with van der Waals surface area (Å²) in [6, 6.07) is 8.81. The van der Waals surface area contributed by atoms with E-state index in [4.69, 9.17) is 14.2 Å². The van der Waals surface area contributed by atoms with Crippen molar-refractivity contribution >= 4 is 54.9 Å². The third-order valence-corrected chi connectivity index (χ3v) is 5.55. The fourth-order valence-electron chi connectivity index (χ4n) is 3.05. The number of carbonyl (C=O) groups is 1. The zero-order valence-electron chi connectivity index (χ0n) is 18.6. The van der Waals surface area contributed by atoms with Gasteiger partial charge in [0, 0.05) is 10.9 Å². The molecule has 0 radical (unpaired) electrons. The molecular formula is C23H23Br2N3O5. The van der Waals surface area contributed by atoms with Crippen LogP contribution in [0.5, 0.6) is 11.5 Å². The molecule has 0 aliphatic rings. The van der Waals surface area contributed by atoms with Crippen LogP contribution in [0.1, 0.15) is 32.2 Å². The number of hydrogen-bond acceptors (Lipinski definition) is 7. The summed E-state index contributed by atoms with van der Waals surface area (Å²) in [4.78, 5) is 29.4. The molecule has 1 aromatic heterocycles. The highest BCUT2D eigenvalue weighted by Gasteiger charge is 2.15. The molecule has 0 saturated carbocycles. The molecular weight excluding hydrogens is 558 g/mol. The van der Waals surface area contributed by atoms with E-state index in [2.05, 4.69) is 41.9 Å². The van der Waals surface area contributed by atoms with Gasteiger partial charge in [0.15, 0.2) is 18.1 Å². The number of ether oxygens (including phenoxy) is 3. The minimum absolute atomic E-state index is 0.229. The Bertz CT molecular complexity index is 1270. The number of aryl methyl sites for hydroxylation is 1. The van der Waals surface area contributed by atoms with Gasteiger partial charge in [0.05, 0.1) is 34.8 Å². The summed E-state index contributed by atoms with van der Waals surface area (Å²) >= 11 is 6.84. The van der Waals surface area contributed by atoms with E-state index >= 15 is 0 Å². The zero-order valence-corrected chi connectivity index (χ0v) is 21.8. The maximum atomic E-state index is 13.0. The van der Waals surface area contributed by atoms with Crippen LogP contribution in [0.3, 0.4) is 0 Å². The molecule has 174 valence electrons. The Hall–Kier alpha value is -2.72. The number of benzene rings is 2. The molecule has 8 nitrogen and oxygen atoms in total. The molecule has 10 heteroatoms. The van der Waals surface area contributed by atoms with Crippen LogP contribution in [0.4, 0.5) is 0 Å². The van der Waals surface area contributed by atoms with E-state index in [1.807, 2.05) is 13.0 Å². The number of nitrogens with zero attached hydrogens (tertiary/aromatic N) is 3. The second kappa shape index (κ2) is 10.9. The van der Waals surface area contributed by atoms with Gasteiger partial charge < -0.3 is 14.2 Å². The SMILES string of the molecule is CCc1nc2ccc(Br)cc2c(=O)n1N=Cc1cc(Br)c(OCC(=O)OC(C)C)c(OC)c1. The highest BCUT2D eigenvalue weighted by molar-refractivity contribution is 9.10. The first-order chi connectivity index (χ1) is 15.7. The molecule has 0 bridgehead atoms. The molecule has 1 heterocycles. The number of methoxy groups -OCH3 is 1. The molecule has 0 aliphatic heterocycles. The summed E-state index contributed by atoms with van der Waals surface area (Å²) in [6.45, 7) is 5.19. The van der Waals surface area contributed by atoms with Gasteiger partial charge in [-0.2, -0.15) is 9.78 Å². The Kier molecular flexibility index (Phi) is 8.25. The topological polar surface area (TPSA) is 92.0 Å². The van der Waals surface area contributed by atoms with Gasteiger partial charge >= 0.3 is 5.97 Å². The number of rotatable bonds is 8. The van der Waals surface area contributed by atoms with E-state index in [0.29, 0.717) is 44.7 Å².